The SMILES string of the molecule is CCCCCCCC/C=C\CCCCCCCC(=O)OCCCCCCCCCCC/C=C\C/C=C\CCCCCCCCCCCCCCCC(=O)NC(CO)C(O)CCCCCCCCCCCCCCCCCCCC. The van der Waals surface area contributed by atoms with Crippen molar-refractivity contribution < 1.29 is 24.5 Å². The maximum absolute atomic E-state index is 12.5. The van der Waals surface area contributed by atoms with Crippen LogP contribution in [0.5, 0.6) is 0 Å². The van der Waals surface area contributed by atoms with Gasteiger partial charge in [0.05, 0.1) is 25.4 Å². The highest BCUT2D eigenvalue weighted by molar-refractivity contribution is 5.76. The molecule has 0 aliphatic carbocycles. The fourth-order valence-corrected chi connectivity index (χ4v) is 11.2. The number of aliphatic hydroxyl groups is 2. The molecule has 2 unspecified atom stereocenters. The van der Waals surface area contributed by atoms with E-state index in [1.807, 2.05) is 0 Å². The molecule has 0 aromatic rings. The summed E-state index contributed by atoms with van der Waals surface area (Å²) < 4.78 is 5.49. The summed E-state index contributed by atoms with van der Waals surface area (Å²) in [6.07, 6.45) is 87.6. The lowest BCUT2D eigenvalue weighted by atomic mass is 10.0. The largest absolute Gasteiger partial charge is 0.466 e. The van der Waals surface area contributed by atoms with E-state index in [0.29, 0.717) is 25.9 Å². The Morgan fingerprint density at radius 1 is 0.354 bits per heavy atom. The summed E-state index contributed by atoms with van der Waals surface area (Å²) in [7, 11) is 0. The number of ether oxygens (including phenoxy) is 1. The van der Waals surface area contributed by atoms with Crippen LogP contribution in [0, 0.1) is 0 Å². The number of unbranched alkanes of at least 4 members (excludes halogenated alkanes) is 50. The number of carbonyl (C=O) groups is 2. The van der Waals surface area contributed by atoms with Gasteiger partial charge in [-0.15, -0.1) is 0 Å². The van der Waals surface area contributed by atoms with Crippen LogP contribution >= 0.6 is 0 Å². The molecule has 0 heterocycles. The fourth-order valence-electron chi connectivity index (χ4n) is 11.2. The van der Waals surface area contributed by atoms with Gasteiger partial charge in [-0.05, 0) is 83.5 Å². The van der Waals surface area contributed by atoms with Crippen LogP contribution in [0.1, 0.15) is 393 Å². The summed E-state index contributed by atoms with van der Waals surface area (Å²) in [6.45, 7) is 4.97. The smallest absolute Gasteiger partial charge is 0.305 e. The van der Waals surface area contributed by atoms with Crippen LogP contribution in [-0.2, 0) is 14.3 Å². The maximum Gasteiger partial charge on any atom is 0.305 e. The number of carbonyl (C=O) groups excluding carboxylic acids is 2. The Labute approximate surface area is 494 Å². The van der Waals surface area contributed by atoms with E-state index < -0.39 is 12.1 Å². The number of allylic oxidation sites excluding steroid dienone is 6. The third-order valence-corrected chi connectivity index (χ3v) is 16.7. The molecule has 3 N–H and O–H groups in total. The van der Waals surface area contributed by atoms with Gasteiger partial charge in [-0.3, -0.25) is 9.59 Å². The van der Waals surface area contributed by atoms with Gasteiger partial charge >= 0.3 is 5.97 Å². The van der Waals surface area contributed by atoms with E-state index in [9.17, 15) is 19.8 Å². The first-order valence-corrected chi connectivity index (χ1v) is 35.7. The van der Waals surface area contributed by atoms with E-state index in [4.69, 9.17) is 4.74 Å². The molecule has 0 aliphatic heterocycles. The summed E-state index contributed by atoms with van der Waals surface area (Å²) in [6, 6.07) is -0.543. The Morgan fingerprint density at radius 3 is 0.975 bits per heavy atom. The minimum absolute atomic E-state index is 0.00455. The molecule has 0 rings (SSSR count). The van der Waals surface area contributed by atoms with Crippen molar-refractivity contribution in [2.24, 2.45) is 0 Å². The van der Waals surface area contributed by atoms with Gasteiger partial charge < -0.3 is 20.3 Å². The van der Waals surface area contributed by atoms with Crippen LogP contribution in [-0.4, -0.2) is 47.4 Å². The van der Waals surface area contributed by atoms with Gasteiger partial charge in [0.25, 0.3) is 0 Å². The van der Waals surface area contributed by atoms with Crippen molar-refractivity contribution in [1.29, 1.82) is 0 Å². The van der Waals surface area contributed by atoms with Crippen molar-refractivity contribution >= 4 is 11.9 Å². The van der Waals surface area contributed by atoms with Gasteiger partial charge in [0, 0.05) is 12.8 Å². The molecule has 466 valence electrons. The molecule has 2 atom stereocenters. The van der Waals surface area contributed by atoms with E-state index in [1.165, 1.54) is 308 Å². The van der Waals surface area contributed by atoms with Crippen LogP contribution in [0.2, 0.25) is 0 Å². The molecule has 1 amide bonds. The topological polar surface area (TPSA) is 95.9 Å². The van der Waals surface area contributed by atoms with Crippen LogP contribution in [0.3, 0.4) is 0 Å². The average molecular weight is 1110 g/mol. The lowest BCUT2D eigenvalue weighted by Gasteiger charge is -2.22. The lowest BCUT2D eigenvalue weighted by molar-refractivity contribution is -0.143. The summed E-state index contributed by atoms with van der Waals surface area (Å²) in [4.78, 5) is 24.6. The highest BCUT2D eigenvalue weighted by atomic mass is 16.5. The molecule has 0 bridgehead atoms. The molecule has 79 heavy (non-hydrogen) atoms. The molecule has 0 fully saturated rings. The van der Waals surface area contributed by atoms with Gasteiger partial charge in [-0.25, -0.2) is 0 Å². The number of hydrogen-bond donors (Lipinski definition) is 3. The Hall–Kier alpha value is -1.92. The normalized spacial score (nSPS) is 12.7. The van der Waals surface area contributed by atoms with Crippen molar-refractivity contribution in [3.05, 3.63) is 36.5 Å². The van der Waals surface area contributed by atoms with Crippen molar-refractivity contribution in [3.63, 3.8) is 0 Å². The van der Waals surface area contributed by atoms with E-state index in [0.717, 1.165) is 51.4 Å². The van der Waals surface area contributed by atoms with Gasteiger partial charge in [0.1, 0.15) is 0 Å². The first-order chi connectivity index (χ1) is 39.0. The fraction of sp³-hybridized carbons (Fsp3) is 0.890. The maximum atomic E-state index is 12.5. The summed E-state index contributed by atoms with van der Waals surface area (Å²) >= 11 is 0. The third kappa shape index (κ3) is 65.1. The monoisotopic (exact) mass is 1110 g/mol. The molecule has 0 aromatic heterocycles. The molecule has 0 spiro atoms. The summed E-state index contributed by atoms with van der Waals surface area (Å²) in [5.74, 6) is -0.0281. The van der Waals surface area contributed by atoms with Crippen LogP contribution < -0.4 is 5.32 Å². The highest BCUT2D eigenvalue weighted by Gasteiger charge is 2.20. The van der Waals surface area contributed by atoms with Crippen molar-refractivity contribution in [1.82, 2.24) is 5.32 Å². The number of esters is 1. The average Bonchev–Trinajstić information content (AvgIpc) is 3.45. The van der Waals surface area contributed by atoms with E-state index in [2.05, 4.69) is 55.6 Å². The van der Waals surface area contributed by atoms with Gasteiger partial charge in [0.2, 0.25) is 5.91 Å². The van der Waals surface area contributed by atoms with Gasteiger partial charge in [-0.1, -0.05) is 333 Å². The Kier molecular flexibility index (Phi) is 66.9. The molecule has 6 nitrogen and oxygen atoms in total. The minimum Gasteiger partial charge on any atom is -0.466 e. The number of rotatable bonds is 67. The second kappa shape index (κ2) is 68.6. The zero-order valence-corrected chi connectivity index (χ0v) is 53.4. The first-order valence-electron chi connectivity index (χ1n) is 35.7. The Bertz CT molecular complexity index is 1280. The Morgan fingerprint density at radius 2 is 0.633 bits per heavy atom. The van der Waals surface area contributed by atoms with E-state index in [-0.39, 0.29) is 18.5 Å². The Balaban J connectivity index is 3.40. The number of aliphatic hydroxyl groups excluding tert-OH is 2. The van der Waals surface area contributed by atoms with Crippen molar-refractivity contribution in [3.8, 4) is 0 Å². The number of hydrogen-bond acceptors (Lipinski definition) is 5. The minimum atomic E-state index is -0.666. The number of amides is 1. The zero-order chi connectivity index (χ0) is 57.1. The second-order valence-electron chi connectivity index (χ2n) is 24.6. The predicted octanol–water partition coefficient (Wildman–Crippen LogP) is 23.1. The molecule has 0 aromatic carbocycles. The zero-order valence-electron chi connectivity index (χ0n) is 53.4. The van der Waals surface area contributed by atoms with Crippen molar-refractivity contribution in [2.75, 3.05) is 13.2 Å². The van der Waals surface area contributed by atoms with Gasteiger partial charge in [0.15, 0.2) is 0 Å². The van der Waals surface area contributed by atoms with E-state index in [1.54, 1.807) is 0 Å². The third-order valence-electron chi connectivity index (χ3n) is 16.7. The quantitative estimate of drug-likeness (QED) is 0.0320. The predicted molar refractivity (Wildman–Crippen MR) is 347 cm³/mol. The molecule has 0 saturated carbocycles. The highest BCUT2D eigenvalue weighted by Crippen LogP contribution is 2.18. The van der Waals surface area contributed by atoms with Crippen LogP contribution in [0.25, 0.3) is 0 Å². The summed E-state index contributed by atoms with van der Waals surface area (Å²) in [5.41, 5.74) is 0. The molecule has 0 saturated heterocycles. The summed E-state index contributed by atoms with van der Waals surface area (Å²) in [5, 5.41) is 23.4. The van der Waals surface area contributed by atoms with Crippen LogP contribution in [0.15, 0.2) is 36.5 Å². The second-order valence-corrected chi connectivity index (χ2v) is 24.6. The first kappa shape index (κ1) is 77.1. The van der Waals surface area contributed by atoms with Crippen LogP contribution in [0.4, 0.5) is 0 Å². The molecular weight excluding hydrogens is 971 g/mol. The molecule has 0 radical (unpaired) electrons. The van der Waals surface area contributed by atoms with Gasteiger partial charge in [-0.2, -0.15) is 0 Å². The standard InChI is InChI=1S/C73H139NO5/c1-3-5-7-9-11-13-15-17-19-20-34-38-41-45-49-53-57-61-65-71(76)70(69-75)74-72(77)66-62-58-54-50-46-42-39-35-32-30-28-26-24-22-21-23-25-27-29-31-33-36-40-44-48-52-56-60-64-68-79-73(78)67-63-59-55-51-47-43-37-18-16-14-12-10-8-6-4-2/h18,21,23,27,29,37,70-71,75-76H,3-17,19-20,22,24-26,28,30-36,38-69H2,1-2H3,(H,74,77)/b23-21-,29-27-,37-18-. The van der Waals surface area contributed by atoms with Crippen molar-refractivity contribution in [2.45, 2.75) is 405 Å². The van der Waals surface area contributed by atoms with E-state index >= 15 is 0 Å². The lowest BCUT2D eigenvalue weighted by Crippen LogP contribution is -2.45. The molecule has 6 heteroatoms. The number of nitrogens with one attached hydrogen (secondary N) is 1. The molecule has 0 aliphatic rings. The molecular formula is C73H139NO5.